The lowest BCUT2D eigenvalue weighted by Gasteiger charge is -2.15. The summed E-state index contributed by atoms with van der Waals surface area (Å²) in [5.41, 5.74) is 16.4. The van der Waals surface area contributed by atoms with Gasteiger partial charge in [-0.3, -0.25) is 0 Å². The lowest BCUT2D eigenvalue weighted by atomic mass is 10.0. The van der Waals surface area contributed by atoms with Gasteiger partial charge in [0.2, 0.25) is 0 Å². The second-order valence-electron chi connectivity index (χ2n) is 19.1. The van der Waals surface area contributed by atoms with E-state index in [0.29, 0.717) is 17.5 Å². The normalized spacial score (nSPS) is 11.7. The topological polar surface area (TPSA) is 48.5 Å². The predicted octanol–water partition coefficient (Wildman–Crippen LogP) is 18.4. The van der Waals surface area contributed by atoms with E-state index in [1.807, 2.05) is 23.5 Å². The summed E-state index contributed by atoms with van der Waals surface area (Å²) in [7, 11) is 0. The number of benzene rings is 11. The highest BCUT2D eigenvalue weighted by molar-refractivity contribution is 7.27. The van der Waals surface area contributed by atoms with Crippen molar-refractivity contribution in [3.8, 4) is 78.9 Å². The van der Waals surface area contributed by atoms with E-state index in [1.54, 1.807) is 0 Å². The minimum absolute atomic E-state index is 0.597. The second kappa shape index (κ2) is 17.5. The van der Waals surface area contributed by atoms with E-state index in [1.165, 1.54) is 63.9 Å². The Morgan fingerprint density at radius 2 is 0.667 bits per heavy atom. The molecule has 0 atom stereocenters. The molecule has 11 aromatic carbocycles. The van der Waals surface area contributed by atoms with Gasteiger partial charge in [-0.05, 0) is 81.9 Å². The van der Waals surface area contributed by atoms with Crippen LogP contribution < -0.4 is 0 Å². The van der Waals surface area contributed by atoms with E-state index in [4.69, 9.17) is 15.0 Å². The molecule has 15 rings (SSSR count). The Kier molecular flexibility index (Phi) is 10.00. The third-order valence-corrected chi connectivity index (χ3v) is 16.0. The highest BCUT2D eigenvalue weighted by Gasteiger charge is 2.24. The first kappa shape index (κ1) is 42.9. The van der Waals surface area contributed by atoms with Crippen molar-refractivity contribution in [1.82, 2.24) is 24.1 Å². The predicted molar refractivity (Wildman–Crippen MR) is 314 cm³/mol. The number of nitrogens with zero attached hydrogens (tertiary/aromatic N) is 5. The highest BCUT2D eigenvalue weighted by atomic mass is 32.1. The van der Waals surface area contributed by atoms with Crippen LogP contribution in [0.15, 0.2) is 261 Å². The number of rotatable bonds is 8. The van der Waals surface area contributed by atoms with Crippen molar-refractivity contribution in [2.75, 3.05) is 0 Å². The molecule has 75 heavy (non-hydrogen) atoms. The monoisotopic (exact) mass is 973 g/mol. The SMILES string of the molecule is c1ccc(-c2ccc(-n3c4ccccc4c4ccc5c6ccc7c8ccccc8n(-c8ccccc8-c8nc(-c9cccc(-c%10ccccc%10)c9)nc(-c9cccc(-c%10ccccc%10)c9)n8)c7c6sc5c43)cc2)cc1. The maximum Gasteiger partial charge on any atom is 0.166 e. The molecule has 0 N–H and O–H groups in total. The molecule has 0 fully saturated rings. The summed E-state index contributed by atoms with van der Waals surface area (Å²) in [6.45, 7) is 0. The van der Waals surface area contributed by atoms with Crippen molar-refractivity contribution in [3.63, 3.8) is 0 Å². The molecule has 0 aliphatic rings. The largest absolute Gasteiger partial charge is 0.308 e. The van der Waals surface area contributed by atoms with Gasteiger partial charge in [0, 0.05) is 54.7 Å². The average Bonchev–Trinajstić information content (AvgIpc) is 4.16. The Morgan fingerprint density at radius 3 is 1.23 bits per heavy atom. The Bertz CT molecular complexity index is 4590. The van der Waals surface area contributed by atoms with E-state index in [2.05, 4.69) is 258 Å². The van der Waals surface area contributed by atoms with Gasteiger partial charge in [-0.25, -0.2) is 15.0 Å². The van der Waals surface area contributed by atoms with Gasteiger partial charge in [0.15, 0.2) is 17.5 Å². The van der Waals surface area contributed by atoms with Gasteiger partial charge in [0.1, 0.15) is 0 Å². The fourth-order valence-electron chi connectivity index (χ4n) is 11.3. The number of aromatic nitrogens is 5. The maximum absolute atomic E-state index is 5.42. The summed E-state index contributed by atoms with van der Waals surface area (Å²) >= 11 is 1.89. The zero-order valence-electron chi connectivity index (χ0n) is 40.5. The van der Waals surface area contributed by atoms with Gasteiger partial charge in [0.05, 0.1) is 37.2 Å². The summed E-state index contributed by atoms with van der Waals surface area (Å²) in [6, 6.07) is 93.2. The smallest absolute Gasteiger partial charge is 0.166 e. The first-order valence-electron chi connectivity index (χ1n) is 25.3. The van der Waals surface area contributed by atoms with Crippen molar-refractivity contribution in [2.24, 2.45) is 0 Å². The Morgan fingerprint density at radius 1 is 0.267 bits per heavy atom. The van der Waals surface area contributed by atoms with Crippen LogP contribution in [0.5, 0.6) is 0 Å². The van der Waals surface area contributed by atoms with Gasteiger partial charge < -0.3 is 9.13 Å². The number of para-hydroxylation sites is 3. The molecule has 0 spiro atoms. The van der Waals surface area contributed by atoms with Crippen LogP contribution >= 0.6 is 11.3 Å². The average molecular weight is 974 g/mol. The molecule has 350 valence electrons. The molecule has 5 nitrogen and oxygen atoms in total. The van der Waals surface area contributed by atoms with Crippen molar-refractivity contribution >= 4 is 75.1 Å². The number of fused-ring (bicyclic) bond motifs is 11. The lowest BCUT2D eigenvalue weighted by Crippen LogP contribution is -2.03. The van der Waals surface area contributed by atoms with Gasteiger partial charge >= 0.3 is 0 Å². The second-order valence-corrected chi connectivity index (χ2v) is 20.1. The minimum Gasteiger partial charge on any atom is -0.308 e. The van der Waals surface area contributed by atoms with Gasteiger partial charge in [-0.2, -0.15) is 0 Å². The highest BCUT2D eigenvalue weighted by Crippen LogP contribution is 2.48. The van der Waals surface area contributed by atoms with E-state index in [-0.39, 0.29) is 0 Å². The third-order valence-electron chi connectivity index (χ3n) is 14.8. The summed E-state index contributed by atoms with van der Waals surface area (Å²) in [6.07, 6.45) is 0. The minimum atomic E-state index is 0.597. The van der Waals surface area contributed by atoms with Crippen LogP contribution in [0.25, 0.3) is 143 Å². The van der Waals surface area contributed by atoms with E-state index >= 15 is 0 Å². The van der Waals surface area contributed by atoms with E-state index in [9.17, 15) is 0 Å². The molecule has 6 heteroatoms. The third kappa shape index (κ3) is 7.10. The van der Waals surface area contributed by atoms with Crippen LogP contribution in [0.4, 0.5) is 0 Å². The molecule has 0 saturated carbocycles. The molecule has 0 unspecified atom stereocenters. The molecule has 0 saturated heterocycles. The van der Waals surface area contributed by atoms with Crippen LogP contribution in [0.1, 0.15) is 0 Å². The molecule has 0 bridgehead atoms. The Labute approximate surface area is 436 Å². The first-order chi connectivity index (χ1) is 37.2. The summed E-state index contributed by atoms with van der Waals surface area (Å²) in [5.74, 6) is 1.81. The van der Waals surface area contributed by atoms with Crippen LogP contribution in [-0.2, 0) is 0 Å². The van der Waals surface area contributed by atoms with Crippen molar-refractivity contribution in [3.05, 3.63) is 261 Å². The molecule has 4 heterocycles. The van der Waals surface area contributed by atoms with Crippen molar-refractivity contribution in [2.45, 2.75) is 0 Å². The first-order valence-corrected chi connectivity index (χ1v) is 26.2. The molecular weight excluding hydrogens is 931 g/mol. The van der Waals surface area contributed by atoms with E-state index < -0.39 is 0 Å². The Balaban J connectivity index is 0.966. The molecule has 15 aromatic rings. The zero-order valence-corrected chi connectivity index (χ0v) is 41.3. The van der Waals surface area contributed by atoms with Crippen LogP contribution in [0, 0.1) is 0 Å². The van der Waals surface area contributed by atoms with Gasteiger partial charge in [0.25, 0.3) is 0 Å². The summed E-state index contributed by atoms with van der Waals surface area (Å²) in [4.78, 5) is 16.1. The molecule has 0 radical (unpaired) electrons. The number of thiophene rings is 1. The molecular formula is C69H43N5S. The Hall–Kier alpha value is -9.75. The fourth-order valence-corrected chi connectivity index (χ4v) is 12.7. The van der Waals surface area contributed by atoms with E-state index in [0.717, 1.165) is 61.4 Å². The summed E-state index contributed by atoms with van der Waals surface area (Å²) < 4.78 is 7.41. The molecule has 4 aromatic heterocycles. The van der Waals surface area contributed by atoms with Crippen LogP contribution in [0.3, 0.4) is 0 Å². The van der Waals surface area contributed by atoms with Crippen LogP contribution in [0.2, 0.25) is 0 Å². The molecule has 0 amide bonds. The summed E-state index contributed by atoms with van der Waals surface area (Å²) in [5, 5.41) is 7.32. The standard InChI is InChI=1S/C69H43N5S/c1-4-18-44(19-5-1)47-34-36-52(37-35-47)73-60-31-13-10-28-53(60)55-38-40-57-58-41-39-56-54-29-11-14-32-61(54)74(64(56)66(58)75-65(57)63(55)73)62-33-15-12-30-59(62)69-71-67(50-26-16-24-48(42-50)45-20-6-2-7-21-45)70-68(72-69)51-27-17-25-49(43-51)46-22-8-3-9-23-46/h1-43H. The van der Waals surface area contributed by atoms with Gasteiger partial charge in [-0.1, -0.05) is 212 Å². The van der Waals surface area contributed by atoms with Gasteiger partial charge in [-0.15, -0.1) is 11.3 Å². The maximum atomic E-state index is 5.42. The van der Waals surface area contributed by atoms with Crippen LogP contribution in [-0.4, -0.2) is 24.1 Å². The molecule has 0 aliphatic carbocycles. The lowest BCUT2D eigenvalue weighted by molar-refractivity contribution is 1.06. The van der Waals surface area contributed by atoms with Crippen molar-refractivity contribution in [1.29, 1.82) is 0 Å². The zero-order chi connectivity index (χ0) is 49.4. The quantitative estimate of drug-likeness (QED) is 0.152. The molecule has 0 aliphatic heterocycles. The van der Waals surface area contributed by atoms with Crippen molar-refractivity contribution < 1.29 is 0 Å². The number of hydrogen-bond donors (Lipinski definition) is 0. The fraction of sp³-hybridized carbons (Fsp3) is 0. The number of hydrogen-bond acceptors (Lipinski definition) is 4.